The molecule has 0 spiro atoms. The van der Waals surface area contributed by atoms with Crippen LogP contribution in [-0.4, -0.2) is 12.9 Å². The number of ether oxygens (including phenoxy) is 1. The zero-order valence-electron chi connectivity index (χ0n) is 8.17. The number of para-hydroxylation sites is 1. The molecule has 0 aromatic heterocycles. The Morgan fingerprint density at radius 1 is 1.53 bits per heavy atom. The maximum atomic E-state index is 10.7. The highest BCUT2D eigenvalue weighted by Gasteiger charge is 2.06. The van der Waals surface area contributed by atoms with Crippen molar-refractivity contribution in [2.75, 3.05) is 6.61 Å². The Morgan fingerprint density at radius 3 is 2.87 bits per heavy atom. The van der Waals surface area contributed by atoms with Crippen LogP contribution in [0.5, 0.6) is 5.75 Å². The van der Waals surface area contributed by atoms with Gasteiger partial charge in [0.2, 0.25) is 0 Å². The zero-order valence-corrected chi connectivity index (χ0v) is 9.68. The van der Waals surface area contributed by atoms with Crippen molar-refractivity contribution in [2.45, 2.75) is 6.92 Å². The second-order valence-corrected chi connectivity index (χ2v) is 3.66. The second kappa shape index (κ2) is 5.79. The van der Waals surface area contributed by atoms with Crippen molar-refractivity contribution in [1.82, 2.24) is 0 Å². The predicted molar refractivity (Wildman–Crippen MR) is 61.9 cm³/mol. The van der Waals surface area contributed by atoms with Crippen molar-refractivity contribution in [3.05, 3.63) is 39.9 Å². The molecule has 0 heterocycles. The number of carbonyl (C=O) groups excluding carboxylic acids is 1. The third-order valence-electron chi connectivity index (χ3n) is 1.84. The first-order chi connectivity index (χ1) is 7.19. The van der Waals surface area contributed by atoms with Crippen molar-refractivity contribution < 1.29 is 9.53 Å². The van der Waals surface area contributed by atoms with Gasteiger partial charge in [-0.05, 0) is 18.6 Å². The number of aldehydes is 1. The summed E-state index contributed by atoms with van der Waals surface area (Å²) >= 11 is 11.1. The van der Waals surface area contributed by atoms with E-state index in [1.54, 1.807) is 12.1 Å². The number of aryl methyl sites for hydroxylation is 1. The van der Waals surface area contributed by atoms with Crippen LogP contribution >= 0.6 is 23.2 Å². The number of halogens is 2. The van der Waals surface area contributed by atoms with Crippen LogP contribution in [0.3, 0.4) is 0 Å². The van der Waals surface area contributed by atoms with Crippen LogP contribution in [0.2, 0.25) is 0 Å². The number of hydrogen-bond donors (Lipinski definition) is 0. The second-order valence-electron chi connectivity index (χ2n) is 2.96. The number of hydrogen-bond acceptors (Lipinski definition) is 2. The average Bonchev–Trinajstić information content (AvgIpc) is 2.26. The molecule has 1 aromatic rings. The lowest BCUT2D eigenvalue weighted by atomic mass is 10.1. The van der Waals surface area contributed by atoms with Gasteiger partial charge in [0.05, 0.1) is 10.6 Å². The molecule has 0 unspecified atom stereocenters. The topological polar surface area (TPSA) is 26.3 Å². The van der Waals surface area contributed by atoms with Gasteiger partial charge < -0.3 is 4.74 Å². The van der Waals surface area contributed by atoms with Crippen LogP contribution in [0, 0.1) is 6.92 Å². The van der Waals surface area contributed by atoms with Crippen molar-refractivity contribution in [3.8, 4) is 5.75 Å². The normalized spacial score (nSPS) is 11.3. The van der Waals surface area contributed by atoms with Crippen LogP contribution in [0.15, 0.2) is 28.8 Å². The largest absolute Gasteiger partial charge is 0.487 e. The number of benzene rings is 1. The van der Waals surface area contributed by atoms with E-state index in [9.17, 15) is 4.79 Å². The van der Waals surface area contributed by atoms with Crippen LogP contribution in [0.1, 0.15) is 15.9 Å². The molecule has 80 valence electrons. The Kier molecular flexibility index (Phi) is 4.66. The summed E-state index contributed by atoms with van der Waals surface area (Å²) in [5.74, 6) is 0.546. The smallest absolute Gasteiger partial charge is 0.153 e. The highest BCUT2D eigenvalue weighted by Crippen LogP contribution is 2.22. The Balaban J connectivity index is 2.88. The van der Waals surface area contributed by atoms with E-state index in [1.165, 1.54) is 5.54 Å². The average molecular weight is 245 g/mol. The predicted octanol–water partition coefficient (Wildman–Crippen LogP) is 3.51. The van der Waals surface area contributed by atoms with E-state index in [1.807, 2.05) is 13.0 Å². The first-order valence-electron chi connectivity index (χ1n) is 4.31. The SMILES string of the molecule is Cc1cccc(C=O)c1OC/C(Cl)=C/Cl. The minimum Gasteiger partial charge on any atom is -0.487 e. The molecule has 15 heavy (non-hydrogen) atoms. The van der Waals surface area contributed by atoms with Gasteiger partial charge in [-0.15, -0.1) is 0 Å². The van der Waals surface area contributed by atoms with Crippen LogP contribution in [-0.2, 0) is 0 Å². The Hall–Kier alpha value is -0.990. The first kappa shape index (κ1) is 12.1. The van der Waals surface area contributed by atoms with Gasteiger partial charge >= 0.3 is 0 Å². The summed E-state index contributed by atoms with van der Waals surface area (Å²) in [4.78, 5) is 10.7. The van der Waals surface area contributed by atoms with Gasteiger partial charge in [0.25, 0.3) is 0 Å². The van der Waals surface area contributed by atoms with Gasteiger partial charge in [-0.25, -0.2) is 0 Å². The monoisotopic (exact) mass is 244 g/mol. The summed E-state index contributed by atoms with van der Waals surface area (Å²) in [5, 5.41) is 0.386. The van der Waals surface area contributed by atoms with Crippen molar-refractivity contribution in [2.24, 2.45) is 0 Å². The van der Waals surface area contributed by atoms with E-state index < -0.39 is 0 Å². The van der Waals surface area contributed by atoms with Crippen molar-refractivity contribution in [3.63, 3.8) is 0 Å². The first-order valence-corrected chi connectivity index (χ1v) is 5.13. The molecular formula is C11H10Cl2O2. The molecule has 0 bridgehead atoms. The Labute approximate surface area is 98.4 Å². The quantitative estimate of drug-likeness (QED) is 0.759. The van der Waals surface area contributed by atoms with E-state index in [-0.39, 0.29) is 6.61 Å². The molecular weight excluding hydrogens is 235 g/mol. The van der Waals surface area contributed by atoms with E-state index >= 15 is 0 Å². The molecule has 0 atom stereocenters. The highest BCUT2D eigenvalue weighted by atomic mass is 35.5. The third-order valence-corrected chi connectivity index (χ3v) is 2.44. The standard InChI is InChI=1S/C11H10Cl2O2/c1-8-3-2-4-9(6-14)11(8)15-7-10(13)5-12/h2-6H,7H2,1H3/b10-5-. The summed E-state index contributed by atoms with van der Waals surface area (Å²) in [6.45, 7) is 2.03. The van der Waals surface area contributed by atoms with E-state index in [0.29, 0.717) is 16.3 Å². The molecule has 0 fully saturated rings. The molecule has 0 aliphatic rings. The summed E-state index contributed by atoms with van der Waals surface area (Å²) in [7, 11) is 0. The van der Waals surface area contributed by atoms with Gasteiger partial charge in [-0.2, -0.15) is 0 Å². The molecule has 1 aromatic carbocycles. The maximum Gasteiger partial charge on any atom is 0.153 e. The third kappa shape index (κ3) is 3.26. The summed E-state index contributed by atoms with van der Waals surface area (Å²) in [5.41, 5.74) is 2.63. The van der Waals surface area contributed by atoms with Gasteiger partial charge in [-0.3, -0.25) is 4.79 Å². The van der Waals surface area contributed by atoms with Gasteiger partial charge in [0, 0.05) is 5.54 Å². The Bertz CT molecular complexity index is 386. The lowest BCUT2D eigenvalue weighted by molar-refractivity contribution is 0.112. The summed E-state index contributed by atoms with van der Waals surface area (Å²) < 4.78 is 5.40. The van der Waals surface area contributed by atoms with Crippen molar-refractivity contribution in [1.29, 1.82) is 0 Å². The molecule has 0 radical (unpaired) electrons. The van der Waals surface area contributed by atoms with Gasteiger partial charge in [0.15, 0.2) is 6.29 Å². The number of carbonyl (C=O) groups is 1. The van der Waals surface area contributed by atoms with E-state index in [4.69, 9.17) is 27.9 Å². The number of rotatable bonds is 4. The molecule has 0 aliphatic carbocycles. The minimum atomic E-state index is 0.163. The van der Waals surface area contributed by atoms with Gasteiger partial charge in [-0.1, -0.05) is 35.3 Å². The van der Waals surface area contributed by atoms with E-state index in [0.717, 1.165) is 11.8 Å². The minimum absolute atomic E-state index is 0.163. The lowest BCUT2D eigenvalue weighted by Crippen LogP contribution is -2.01. The summed E-state index contributed by atoms with van der Waals surface area (Å²) in [6.07, 6.45) is 0.751. The van der Waals surface area contributed by atoms with Crippen LogP contribution in [0.4, 0.5) is 0 Å². The molecule has 0 amide bonds. The zero-order chi connectivity index (χ0) is 11.3. The highest BCUT2D eigenvalue weighted by molar-refractivity contribution is 6.36. The van der Waals surface area contributed by atoms with Crippen LogP contribution < -0.4 is 4.74 Å². The molecule has 0 saturated carbocycles. The molecule has 2 nitrogen and oxygen atoms in total. The molecule has 1 rings (SSSR count). The molecule has 0 N–H and O–H groups in total. The van der Waals surface area contributed by atoms with Crippen molar-refractivity contribution >= 4 is 29.5 Å². The van der Waals surface area contributed by atoms with Crippen LogP contribution in [0.25, 0.3) is 0 Å². The fourth-order valence-electron chi connectivity index (χ4n) is 1.14. The van der Waals surface area contributed by atoms with E-state index in [2.05, 4.69) is 0 Å². The molecule has 0 aliphatic heterocycles. The fraction of sp³-hybridized carbons (Fsp3) is 0.182. The Morgan fingerprint density at radius 2 is 2.27 bits per heavy atom. The fourth-order valence-corrected chi connectivity index (χ4v) is 1.26. The maximum absolute atomic E-state index is 10.7. The molecule has 0 saturated heterocycles. The lowest BCUT2D eigenvalue weighted by Gasteiger charge is -2.10. The van der Waals surface area contributed by atoms with Gasteiger partial charge in [0.1, 0.15) is 12.4 Å². The summed E-state index contributed by atoms with van der Waals surface area (Å²) in [6, 6.07) is 5.35. The molecule has 4 heteroatoms.